The molecule has 0 atom stereocenters. The summed E-state index contributed by atoms with van der Waals surface area (Å²) in [5, 5.41) is 10.1. The number of rotatable bonds is 7. The average molecular weight is 319 g/mol. The van der Waals surface area contributed by atoms with E-state index in [4.69, 9.17) is 0 Å². The fraction of sp³-hybridized carbons (Fsp3) is 0.684. The Morgan fingerprint density at radius 1 is 1.09 bits per heavy atom. The smallest absolute Gasteiger partial charge is 0.0718 e. The van der Waals surface area contributed by atoms with Crippen molar-refractivity contribution in [3.63, 3.8) is 0 Å². The molecular formula is C19H33N3O. The molecule has 130 valence electrons. The van der Waals surface area contributed by atoms with Gasteiger partial charge in [-0.15, -0.1) is 0 Å². The van der Waals surface area contributed by atoms with E-state index in [9.17, 15) is 5.11 Å². The molecule has 0 aromatic heterocycles. The lowest BCUT2D eigenvalue weighted by Gasteiger charge is -2.37. The van der Waals surface area contributed by atoms with E-state index in [-0.39, 0.29) is 0 Å². The molecule has 0 aliphatic carbocycles. The second-order valence-corrected chi connectivity index (χ2v) is 7.17. The van der Waals surface area contributed by atoms with Crippen LogP contribution in [0.4, 0.5) is 5.69 Å². The lowest BCUT2D eigenvalue weighted by Crippen LogP contribution is -2.46. The number of hydrogen-bond acceptors (Lipinski definition) is 4. The summed E-state index contributed by atoms with van der Waals surface area (Å²) in [6, 6.07) is 8.74. The Morgan fingerprint density at radius 3 is 2.30 bits per heavy atom. The highest BCUT2D eigenvalue weighted by Crippen LogP contribution is 2.24. The first-order valence-electron chi connectivity index (χ1n) is 8.93. The first-order valence-corrected chi connectivity index (χ1v) is 8.93. The van der Waals surface area contributed by atoms with Crippen molar-refractivity contribution >= 4 is 5.69 Å². The van der Waals surface area contributed by atoms with Gasteiger partial charge in [-0.1, -0.05) is 32.0 Å². The van der Waals surface area contributed by atoms with Gasteiger partial charge < -0.3 is 14.9 Å². The largest absolute Gasteiger partial charge is 0.389 e. The minimum Gasteiger partial charge on any atom is -0.389 e. The fourth-order valence-electron chi connectivity index (χ4n) is 3.33. The zero-order valence-corrected chi connectivity index (χ0v) is 15.3. The summed E-state index contributed by atoms with van der Waals surface area (Å²) in [4.78, 5) is 7.34. The number of hydrogen-bond donors (Lipinski definition) is 1. The highest BCUT2D eigenvalue weighted by Gasteiger charge is 2.21. The Kier molecular flexibility index (Phi) is 6.45. The molecule has 4 nitrogen and oxygen atoms in total. The normalized spacial score (nSPS) is 17.0. The SMILES string of the molecule is CCN1CCN(c2ccccc2CN(CC)CC(C)(C)O)CC1. The number of piperazine rings is 1. The van der Waals surface area contributed by atoms with Gasteiger partial charge in [0.2, 0.25) is 0 Å². The molecule has 0 radical (unpaired) electrons. The van der Waals surface area contributed by atoms with Crippen molar-refractivity contribution in [3.8, 4) is 0 Å². The van der Waals surface area contributed by atoms with Crippen LogP contribution < -0.4 is 4.90 Å². The van der Waals surface area contributed by atoms with Crippen molar-refractivity contribution in [3.05, 3.63) is 29.8 Å². The second kappa shape index (κ2) is 8.13. The number of likely N-dealkylation sites (N-methyl/N-ethyl adjacent to an activating group) is 2. The number of anilines is 1. The van der Waals surface area contributed by atoms with E-state index >= 15 is 0 Å². The molecular weight excluding hydrogens is 286 g/mol. The van der Waals surface area contributed by atoms with Crippen LogP contribution in [0.25, 0.3) is 0 Å². The summed E-state index contributed by atoms with van der Waals surface area (Å²) < 4.78 is 0. The summed E-state index contributed by atoms with van der Waals surface area (Å²) in [5.74, 6) is 0. The van der Waals surface area contributed by atoms with Crippen LogP contribution in [-0.4, -0.2) is 66.3 Å². The summed E-state index contributed by atoms with van der Waals surface area (Å²) in [5.41, 5.74) is 2.07. The number of para-hydroxylation sites is 1. The van der Waals surface area contributed by atoms with Gasteiger partial charge in [0.25, 0.3) is 0 Å². The third-order valence-electron chi connectivity index (χ3n) is 4.60. The van der Waals surface area contributed by atoms with Gasteiger partial charge in [-0.3, -0.25) is 4.90 Å². The molecule has 1 heterocycles. The van der Waals surface area contributed by atoms with E-state index in [1.54, 1.807) is 0 Å². The van der Waals surface area contributed by atoms with E-state index in [2.05, 4.69) is 52.8 Å². The van der Waals surface area contributed by atoms with Gasteiger partial charge in [-0.05, 0) is 38.6 Å². The maximum absolute atomic E-state index is 10.1. The van der Waals surface area contributed by atoms with Crippen LogP contribution in [0, 0.1) is 0 Å². The lowest BCUT2D eigenvalue weighted by molar-refractivity contribution is 0.0353. The Bertz CT molecular complexity index is 476. The Hall–Kier alpha value is -1.10. The van der Waals surface area contributed by atoms with Crippen LogP contribution in [0.15, 0.2) is 24.3 Å². The molecule has 1 aromatic rings. The fourth-order valence-corrected chi connectivity index (χ4v) is 3.33. The van der Waals surface area contributed by atoms with Crippen molar-refractivity contribution in [1.82, 2.24) is 9.80 Å². The third-order valence-corrected chi connectivity index (χ3v) is 4.60. The van der Waals surface area contributed by atoms with Crippen molar-refractivity contribution in [2.45, 2.75) is 39.8 Å². The second-order valence-electron chi connectivity index (χ2n) is 7.17. The lowest BCUT2D eigenvalue weighted by atomic mass is 10.1. The molecule has 1 aliphatic rings. The molecule has 1 saturated heterocycles. The summed E-state index contributed by atoms with van der Waals surface area (Å²) in [7, 11) is 0. The highest BCUT2D eigenvalue weighted by molar-refractivity contribution is 5.54. The first kappa shape index (κ1) is 18.2. The predicted octanol–water partition coefficient (Wildman–Crippen LogP) is 2.42. The van der Waals surface area contributed by atoms with Crippen molar-refractivity contribution < 1.29 is 5.11 Å². The van der Waals surface area contributed by atoms with Gasteiger partial charge in [-0.25, -0.2) is 0 Å². The van der Waals surface area contributed by atoms with E-state index in [1.807, 2.05) is 13.8 Å². The van der Waals surface area contributed by atoms with E-state index in [1.165, 1.54) is 11.3 Å². The molecule has 1 aromatic carbocycles. The zero-order chi connectivity index (χ0) is 16.9. The van der Waals surface area contributed by atoms with Crippen LogP contribution in [0.2, 0.25) is 0 Å². The highest BCUT2D eigenvalue weighted by atomic mass is 16.3. The Balaban J connectivity index is 2.08. The van der Waals surface area contributed by atoms with Crippen molar-refractivity contribution in [1.29, 1.82) is 0 Å². The van der Waals surface area contributed by atoms with Crippen LogP contribution in [-0.2, 0) is 6.54 Å². The molecule has 0 unspecified atom stereocenters. The van der Waals surface area contributed by atoms with E-state index in [0.29, 0.717) is 6.54 Å². The number of aliphatic hydroxyl groups is 1. The monoisotopic (exact) mass is 319 g/mol. The molecule has 1 aliphatic heterocycles. The molecule has 0 spiro atoms. The summed E-state index contributed by atoms with van der Waals surface area (Å²) >= 11 is 0. The van der Waals surface area contributed by atoms with Gasteiger partial charge in [0.1, 0.15) is 0 Å². The molecule has 0 amide bonds. The molecule has 1 fully saturated rings. The van der Waals surface area contributed by atoms with Crippen LogP contribution in [0.1, 0.15) is 33.3 Å². The minimum atomic E-state index is -0.655. The molecule has 1 N–H and O–H groups in total. The summed E-state index contributed by atoms with van der Waals surface area (Å²) in [6.45, 7) is 16.3. The molecule has 0 bridgehead atoms. The van der Waals surface area contributed by atoms with E-state index in [0.717, 1.165) is 45.8 Å². The standard InChI is InChI=1S/C19H33N3O/c1-5-20-11-13-22(14-12-20)18-10-8-7-9-17(18)15-21(6-2)16-19(3,4)23/h7-10,23H,5-6,11-16H2,1-4H3. The molecule has 2 rings (SSSR count). The van der Waals surface area contributed by atoms with Crippen LogP contribution in [0.3, 0.4) is 0 Å². The maximum Gasteiger partial charge on any atom is 0.0718 e. The average Bonchev–Trinajstić information content (AvgIpc) is 2.53. The van der Waals surface area contributed by atoms with Gasteiger partial charge in [0, 0.05) is 45.0 Å². The van der Waals surface area contributed by atoms with Crippen LogP contribution in [0.5, 0.6) is 0 Å². The number of benzene rings is 1. The quantitative estimate of drug-likeness (QED) is 0.836. The molecule has 4 heteroatoms. The van der Waals surface area contributed by atoms with E-state index < -0.39 is 5.60 Å². The van der Waals surface area contributed by atoms with Crippen LogP contribution >= 0.6 is 0 Å². The topological polar surface area (TPSA) is 30.0 Å². The molecule has 0 saturated carbocycles. The van der Waals surface area contributed by atoms with Gasteiger partial charge in [-0.2, -0.15) is 0 Å². The van der Waals surface area contributed by atoms with Crippen molar-refractivity contribution in [2.24, 2.45) is 0 Å². The number of nitrogens with zero attached hydrogens (tertiary/aromatic N) is 3. The minimum absolute atomic E-state index is 0.655. The molecule has 23 heavy (non-hydrogen) atoms. The Morgan fingerprint density at radius 2 is 1.74 bits per heavy atom. The summed E-state index contributed by atoms with van der Waals surface area (Å²) in [6.07, 6.45) is 0. The first-order chi connectivity index (χ1) is 10.9. The predicted molar refractivity (Wildman–Crippen MR) is 98.0 cm³/mol. The zero-order valence-electron chi connectivity index (χ0n) is 15.3. The van der Waals surface area contributed by atoms with Gasteiger partial charge in [0.05, 0.1) is 5.60 Å². The van der Waals surface area contributed by atoms with Crippen molar-refractivity contribution in [2.75, 3.05) is 50.7 Å². The third kappa shape index (κ3) is 5.48. The Labute approximate surface area is 141 Å². The van der Waals surface area contributed by atoms with Gasteiger partial charge in [0.15, 0.2) is 0 Å². The van der Waals surface area contributed by atoms with Gasteiger partial charge >= 0.3 is 0 Å². The maximum atomic E-state index is 10.1.